The van der Waals surface area contributed by atoms with Gasteiger partial charge >= 0.3 is 11.9 Å². The summed E-state index contributed by atoms with van der Waals surface area (Å²) >= 11 is 13.0. The number of fused-ring (bicyclic) bond motifs is 2. The van der Waals surface area contributed by atoms with Gasteiger partial charge in [0, 0.05) is 58.2 Å². The number of esters is 1. The lowest BCUT2D eigenvalue weighted by Crippen LogP contribution is -2.02. The molecule has 2 atom stereocenters. The molecule has 0 saturated carbocycles. The van der Waals surface area contributed by atoms with Crippen molar-refractivity contribution >= 4 is 56.9 Å². The number of benzene rings is 4. The highest BCUT2D eigenvalue weighted by Gasteiger charge is 2.21. The van der Waals surface area contributed by atoms with E-state index in [2.05, 4.69) is 60.2 Å². The summed E-state index contributed by atoms with van der Waals surface area (Å²) in [6, 6.07) is 24.5. The van der Waals surface area contributed by atoms with Gasteiger partial charge in [-0.15, -0.1) is 0 Å². The van der Waals surface area contributed by atoms with E-state index in [9.17, 15) is 9.59 Å². The fraction of sp³-hybridized carbons (Fsp3) is 0.388. The van der Waals surface area contributed by atoms with E-state index in [0.29, 0.717) is 47.9 Å². The SMILES string of the molecule is C.C.COC(=O)CCc1[nH]c2ccc(OCc3ccc(C4CCOC4)c(C)c3)cc2c1Cl.Cc1cc(COc2ccc3[nH]c(CCC(=O)O)c(Cl)c3c2)ccc1C1CCOC1. The third-order valence-electron chi connectivity index (χ3n) is 11.2. The van der Waals surface area contributed by atoms with Crippen LogP contribution < -0.4 is 9.47 Å². The second-order valence-corrected chi connectivity index (χ2v) is 16.1. The number of nitrogens with one attached hydrogen (secondary N) is 2. The molecule has 2 aromatic heterocycles. The van der Waals surface area contributed by atoms with Crippen LogP contribution in [0.3, 0.4) is 0 Å². The van der Waals surface area contributed by atoms with Crippen LogP contribution in [0.15, 0.2) is 72.8 Å². The van der Waals surface area contributed by atoms with Crippen LogP contribution in [0.5, 0.6) is 11.5 Å². The van der Waals surface area contributed by atoms with Gasteiger partial charge in [-0.05, 0) is 109 Å². The standard InChI is InChI=1S/C24H26ClNO4.C23H24ClNO4.2CH4/c1-15-11-16(3-5-19(15)17-9-10-29-14-17)13-30-18-4-6-21-20(12-18)24(25)22(26-21)7-8-23(27)28-2;1-14-10-15(2-4-18(14)16-8-9-28-13-16)12-29-17-3-5-20-19(11-17)23(24)21(25-20)6-7-22(26)27;;/h3-6,11-12,17,26H,7-10,13-14H2,1-2H3;2-5,10-11,16,25H,6-9,12-13H2,1H3,(H,26,27);2*1H4. The molecular formula is C49H58Cl2N2O8. The Balaban J connectivity index is 0.000000224. The number of carbonyl (C=O) groups is 2. The van der Waals surface area contributed by atoms with Gasteiger partial charge in [-0.3, -0.25) is 9.59 Å². The summed E-state index contributed by atoms with van der Waals surface area (Å²) < 4.78 is 27.8. The summed E-state index contributed by atoms with van der Waals surface area (Å²) in [6.07, 6.45) is 3.38. The molecule has 2 aliphatic heterocycles. The van der Waals surface area contributed by atoms with E-state index in [0.717, 1.165) is 95.1 Å². The van der Waals surface area contributed by atoms with Crippen molar-refractivity contribution in [3.05, 3.63) is 128 Å². The Kier molecular flexibility index (Phi) is 16.7. The third kappa shape index (κ3) is 11.7. The minimum atomic E-state index is -0.842. The molecule has 8 rings (SSSR count). The summed E-state index contributed by atoms with van der Waals surface area (Å²) in [5.74, 6) is 1.40. The monoisotopic (exact) mass is 872 g/mol. The molecule has 2 aliphatic rings. The Bertz CT molecular complexity index is 2430. The predicted molar refractivity (Wildman–Crippen MR) is 244 cm³/mol. The fourth-order valence-corrected chi connectivity index (χ4v) is 8.53. The van der Waals surface area contributed by atoms with Crippen LogP contribution in [0, 0.1) is 13.8 Å². The molecule has 0 amide bonds. The number of aliphatic carboxylic acids is 1. The van der Waals surface area contributed by atoms with Gasteiger partial charge in [0.1, 0.15) is 24.7 Å². The maximum absolute atomic E-state index is 11.4. The number of hydrogen-bond acceptors (Lipinski definition) is 7. The number of aromatic nitrogens is 2. The molecule has 10 nitrogen and oxygen atoms in total. The lowest BCUT2D eigenvalue weighted by molar-refractivity contribution is -0.140. The van der Waals surface area contributed by atoms with E-state index in [1.165, 1.54) is 29.4 Å². The first kappa shape index (κ1) is 47.1. The zero-order valence-electron chi connectivity index (χ0n) is 33.6. The number of methoxy groups -OCH3 is 1. The summed E-state index contributed by atoms with van der Waals surface area (Å²) in [5, 5.41) is 11.8. The molecule has 12 heteroatoms. The molecule has 0 spiro atoms. The van der Waals surface area contributed by atoms with Gasteiger partial charge in [0.25, 0.3) is 0 Å². The molecular weight excluding hydrogens is 815 g/mol. The van der Waals surface area contributed by atoms with Crippen LogP contribution in [-0.4, -0.2) is 60.6 Å². The van der Waals surface area contributed by atoms with E-state index in [-0.39, 0.29) is 33.7 Å². The average Bonchev–Trinajstić information content (AvgIpc) is 4.07. The summed E-state index contributed by atoms with van der Waals surface area (Å²) in [6.45, 7) is 8.58. The van der Waals surface area contributed by atoms with E-state index in [4.69, 9.17) is 52.0 Å². The largest absolute Gasteiger partial charge is 0.489 e. The Labute approximate surface area is 368 Å². The number of aromatic amines is 2. The molecule has 0 bridgehead atoms. The van der Waals surface area contributed by atoms with Crippen molar-refractivity contribution in [1.82, 2.24) is 9.97 Å². The molecule has 4 heterocycles. The van der Waals surface area contributed by atoms with Crippen molar-refractivity contribution in [2.24, 2.45) is 0 Å². The molecule has 2 fully saturated rings. The van der Waals surface area contributed by atoms with Crippen molar-refractivity contribution in [2.75, 3.05) is 33.5 Å². The van der Waals surface area contributed by atoms with E-state index < -0.39 is 5.97 Å². The summed E-state index contributed by atoms with van der Waals surface area (Å²) in [5.41, 5.74) is 10.9. The Hall–Kier alpha value is -5.00. The second-order valence-electron chi connectivity index (χ2n) is 15.3. The van der Waals surface area contributed by atoms with Gasteiger partial charge in [-0.25, -0.2) is 0 Å². The van der Waals surface area contributed by atoms with Crippen LogP contribution in [0.1, 0.15) is 97.1 Å². The van der Waals surface area contributed by atoms with Crippen molar-refractivity contribution in [2.45, 2.75) is 92.3 Å². The third-order valence-corrected chi connectivity index (χ3v) is 12.0. The number of carboxylic acids is 1. The minimum Gasteiger partial charge on any atom is -0.489 e. The van der Waals surface area contributed by atoms with E-state index in [1.807, 2.05) is 36.4 Å². The molecule has 0 aliphatic carbocycles. The van der Waals surface area contributed by atoms with Crippen LogP contribution in [0.25, 0.3) is 21.8 Å². The highest BCUT2D eigenvalue weighted by Crippen LogP contribution is 2.34. The lowest BCUT2D eigenvalue weighted by Gasteiger charge is -2.14. The number of carboxylic acid groups (broad SMARTS) is 1. The van der Waals surface area contributed by atoms with Gasteiger partial charge < -0.3 is 38.8 Å². The van der Waals surface area contributed by atoms with Crippen molar-refractivity contribution in [1.29, 1.82) is 0 Å². The summed E-state index contributed by atoms with van der Waals surface area (Å²) in [4.78, 5) is 28.7. The predicted octanol–water partition coefficient (Wildman–Crippen LogP) is 11.8. The van der Waals surface area contributed by atoms with Gasteiger partial charge in [0.2, 0.25) is 0 Å². The maximum atomic E-state index is 11.4. The summed E-state index contributed by atoms with van der Waals surface area (Å²) in [7, 11) is 1.39. The number of hydrogen-bond donors (Lipinski definition) is 3. The van der Waals surface area contributed by atoms with Gasteiger partial charge in [-0.2, -0.15) is 0 Å². The van der Waals surface area contributed by atoms with E-state index in [1.54, 1.807) is 0 Å². The van der Waals surface area contributed by atoms with E-state index >= 15 is 0 Å². The minimum absolute atomic E-state index is 0. The molecule has 2 saturated heterocycles. The lowest BCUT2D eigenvalue weighted by atomic mass is 9.93. The number of ether oxygens (including phenoxy) is 5. The van der Waals surface area contributed by atoms with Crippen LogP contribution in [-0.2, 0) is 49.9 Å². The topological polar surface area (TPSA) is 132 Å². The molecule has 61 heavy (non-hydrogen) atoms. The first-order valence-electron chi connectivity index (χ1n) is 20.0. The van der Waals surface area contributed by atoms with Crippen molar-refractivity contribution in [3.8, 4) is 11.5 Å². The zero-order chi connectivity index (χ0) is 41.5. The number of aryl methyl sites for hydroxylation is 4. The molecule has 6 aromatic rings. The zero-order valence-corrected chi connectivity index (χ0v) is 35.1. The quantitative estimate of drug-likeness (QED) is 0.0922. The van der Waals surface area contributed by atoms with Crippen LogP contribution in [0.2, 0.25) is 10.0 Å². The highest BCUT2D eigenvalue weighted by atomic mass is 35.5. The molecule has 326 valence electrons. The molecule has 4 aromatic carbocycles. The number of rotatable bonds is 14. The van der Waals surface area contributed by atoms with Crippen LogP contribution in [0.4, 0.5) is 0 Å². The number of halogens is 2. The first-order chi connectivity index (χ1) is 28.6. The number of carbonyl (C=O) groups excluding carboxylic acids is 1. The van der Waals surface area contributed by atoms with Crippen molar-refractivity contribution in [3.63, 3.8) is 0 Å². The molecule has 3 N–H and O–H groups in total. The van der Waals surface area contributed by atoms with Gasteiger partial charge in [0.05, 0.1) is 43.2 Å². The Morgan fingerprint density at radius 2 is 1.15 bits per heavy atom. The molecule has 0 radical (unpaired) electrons. The highest BCUT2D eigenvalue weighted by molar-refractivity contribution is 6.37. The smallest absolute Gasteiger partial charge is 0.305 e. The maximum Gasteiger partial charge on any atom is 0.305 e. The average molecular weight is 874 g/mol. The Morgan fingerprint density at radius 1 is 0.689 bits per heavy atom. The van der Waals surface area contributed by atoms with Gasteiger partial charge in [0.15, 0.2) is 0 Å². The normalized spacial score (nSPS) is 15.8. The first-order valence-corrected chi connectivity index (χ1v) is 20.8. The van der Waals surface area contributed by atoms with Crippen molar-refractivity contribution < 1.29 is 38.4 Å². The van der Waals surface area contributed by atoms with Gasteiger partial charge in [-0.1, -0.05) is 74.5 Å². The molecule has 2 unspecified atom stereocenters. The fourth-order valence-electron chi connectivity index (χ4n) is 7.94. The second kappa shape index (κ2) is 21.7. The number of H-pyrrole nitrogens is 2. The van der Waals surface area contributed by atoms with Crippen LogP contribution >= 0.6 is 23.2 Å². The Morgan fingerprint density at radius 3 is 1.54 bits per heavy atom.